The molecule has 3 heterocycles. The highest BCUT2D eigenvalue weighted by Crippen LogP contribution is 2.36. The minimum Gasteiger partial charge on any atom is -0.378 e. The molecule has 0 unspecified atom stereocenters. The van der Waals surface area contributed by atoms with Crippen molar-refractivity contribution in [1.29, 1.82) is 0 Å². The Bertz CT molecular complexity index is 1400. The Labute approximate surface area is 215 Å². The fourth-order valence-corrected chi connectivity index (χ4v) is 5.23. The fraction of sp³-hybridized carbons (Fsp3) is 0.167. The van der Waals surface area contributed by atoms with Gasteiger partial charge >= 0.3 is 0 Å². The number of halogens is 2. The zero-order valence-electron chi connectivity index (χ0n) is 18.3. The summed E-state index contributed by atoms with van der Waals surface area (Å²) in [6, 6.07) is 10.7. The van der Waals surface area contributed by atoms with Crippen LogP contribution in [0.3, 0.4) is 0 Å². The molecule has 8 nitrogen and oxygen atoms in total. The number of hydrogen-bond donors (Lipinski definition) is 2. The third kappa shape index (κ3) is 4.85. The Kier molecular flexibility index (Phi) is 6.66. The number of amidine groups is 1. The molecular weight excluding hydrogens is 509 g/mol. The molecule has 178 valence electrons. The monoisotopic (exact) mass is 527 g/mol. The van der Waals surface area contributed by atoms with Crippen LogP contribution >= 0.6 is 35.0 Å². The van der Waals surface area contributed by atoms with Gasteiger partial charge in [-0.05, 0) is 47.7 Å². The van der Waals surface area contributed by atoms with E-state index in [1.54, 1.807) is 24.3 Å². The van der Waals surface area contributed by atoms with Gasteiger partial charge in [0.25, 0.3) is 11.8 Å². The maximum Gasteiger partial charge on any atom is 0.264 e. The average Bonchev–Trinajstić information content (AvgIpc) is 3.19. The van der Waals surface area contributed by atoms with E-state index in [0.717, 1.165) is 22.2 Å². The van der Waals surface area contributed by atoms with Crippen molar-refractivity contribution in [2.75, 3.05) is 31.2 Å². The van der Waals surface area contributed by atoms with Crippen molar-refractivity contribution in [1.82, 2.24) is 10.3 Å². The molecule has 2 aliphatic rings. The van der Waals surface area contributed by atoms with Crippen LogP contribution in [-0.4, -0.2) is 48.3 Å². The molecule has 2 saturated heterocycles. The number of nitrogens with two attached hydrogens (primary N) is 1. The number of nitrogens with one attached hydrogen (secondary N) is 1. The highest BCUT2D eigenvalue weighted by atomic mass is 35.5. The van der Waals surface area contributed by atoms with Gasteiger partial charge in [-0.15, -0.1) is 0 Å². The number of carbonyl (C=O) groups is 2. The Hall–Kier alpha value is -3.11. The molecule has 0 bridgehead atoms. The number of rotatable bonds is 4. The number of hydrogen-bond acceptors (Lipinski definition) is 7. The molecule has 0 radical (unpaired) electrons. The number of pyridine rings is 1. The zero-order valence-corrected chi connectivity index (χ0v) is 20.6. The summed E-state index contributed by atoms with van der Waals surface area (Å²) in [7, 11) is 0. The molecule has 2 aliphatic heterocycles. The van der Waals surface area contributed by atoms with Gasteiger partial charge in [0.1, 0.15) is 5.69 Å². The highest BCUT2D eigenvalue weighted by Gasteiger charge is 2.25. The number of anilines is 1. The van der Waals surface area contributed by atoms with Gasteiger partial charge in [0, 0.05) is 24.7 Å². The van der Waals surface area contributed by atoms with E-state index in [-0.39, 0.29) is 5.91 Å². The van der Waals surface area contributed by atoms with Gasteiger partial charge in [-0.1, -0.05) is 35.3 Å². The summed E-state index contributed by atoms with van der Waals surface area (Å²) >= 11 is 13.6. The van der Waals surface area contributed by atoms with Crippen molar-refractivity contribution < 1.29 is 14.3 Å². The van der Waals surface area contributed by atoms with Crippen molar-refractivity contribution in [3.05, 3.63) is 68.7 Å². The topological polar surface area (TPSA) is 110 Å². The number of primary amides is 1. The number of fused-ring (bicyclic) bond motifs is 1. The Morgan fingerprint density at radius 2 is 1.94 bits per heavy atom. The fourth-order valence-electron chi connectivity index (χ4n) is 3.92. The number of morpholine rings is 1. The van der Waals surface area contributed by atoms with Crippen LogP contribution in [0.25, 0.3) is 17.0 Å². The minimum absolute atomic E-state index is 0.283. The number of aliphatic imine (C=N–C) groups is 1. The lowest BCUT2D eigenvalue weighted by Crippen LogP contribution is -2.37. The van der Waals surface area contributed by atoms with Gasteiger partial charge in [0.05, 0.1) is 44.9 Å². The van der Waals surface area contributed by atoms with Crippen LogP contribution in [0, 0.1) is 0 Å². The van der Waals surface area contributed by atoms with Gasteiger partial charge in [-0.3, -0.25) is 14.6 Å². The Morgan fingerprint density at radius 3 is 2.66 bits per heavy atom. The number of benzene rings is 2. The smallest absolute Gasteiger partial charge is 0.264 e. The predicted molar refractivity (Wildman–Crippen MR) is 141 cm³/mol. The summed E-state index contributed by atoms with van der Waals surface area (Å²) in [5, 5.41) is 4.68. The summed E-state index contributed by atoms with van der Waals surface area (Å²) in [6.07, 6.45) is 3.27. The molecular formula is C24H19Cl2N5O3S. The normalized spacial score (nSPS) is 18.5. The van der Waals surface area contributed by atoms with E-state index in [2.05, 4.69) is 20.2 Å². The predicted octanol–water partition coefficient (Wildman–Crippen LogP) is 4.37. The van der Waals surface area contributed by atoms with Gasteiger partial charge in [0.2, 0.25) is 0 Å². The van der Waals surface area contributed by atoms with Crippen molar-refractivity contribution in [2.45, 2.75) is 0 Å². The number of aromatic nitrogens is 1. The first kappa shape index (κ1) is 23.6. The number of thioether (sulfide) groups is 1. The molecule has 5 rings (SSSR count). The molecule has 11 heteroatoms. The summed E-state index contributed by atoms with van der Waals surface area (Å²) in [4.78, 5) is 36.2. The largest absolute Gasteiger partial charge is 0.378 e. The van der Waals surface area contributed by atoms with Crippen LogP contribution in [-0.2, 0) is 9.53 Å². The second-order valence-electron chi connectivity index (χ2n) is 7.81. The van der Waals surface area contributed by atoms with Crippen molar-refractivity contribution >= 4 is 80.3 Å². The van der Waals surface area contributed by atoms with Crippen LogP contribution < -0.4 is 16.0 Å². The zero-order chi connectivity index (χ0) is 24.5. The van der Waals surface area contributed by atoms with E-state index in [9.17, 15) is 9.59 Å². The maximum atomic E-state index is 12.6. The Morgan fingerprint density at radius 1 is 1.20 bits per heavy atom. The SMILES string of the molecule is NC(=O)c1cnc2ccc(C=C3SC(=Nc4c(Cl)cccc4Cl)NC3=O)cc2c1N1CCOCC1. The van der Waals surface area contributed by atoms with E-state index >= 15 is 0 Å². The van der Waals surface area contributed by atoms with Gasteiger partial charge in [0.15, 0.2) is 5.17 Å². The molecule has 0 spiro atoms. The molecule has 1 aromatic heterocycles. The summed E-state index contributed by atoms with van der Waals surface area (Å²) in [5.74, 6) is -0.830. The van der Waals surface area contributed by atoms with Crippen molar-refractivity contribution in [3.63, 3.8) is 0 Å². The number of nitrogens with zero attached hydrogens (tertiary/aromatic N) is 3. The molecule has 0 atom stereocenters. The summed E-state index contributed by atoms with van der Waals surface area (Å²) in [5.41, 5.74) is 8.62. The first-order valence-corrected chi connectivity index (χ1v) is 12.3. The van der Waals surface area contributed by atoms with Gasteiger partial charge in [-0.2, -0.15) is 0 Å². The molecule has 0 aliphatic carbocycles. The lowest BCUT2D eigenvalue weighted by molar-refractivity contribution is -0.115. The van der Waals surface area contributed by atoms with Crippen LogP contribution in [0.2, 0.25) is 10.0 Å². The number of amides is 2. The molecule has 3 N–H and O–H groups in total. The lowest BCUT2D eigenvalue weighted by atomic mass is 10.0. The Balaban J connectivity index is 1.53. The van der Waals surface area contributed by atoms with E-state index in [1.807, 2.05) is 18.2 Å². The van der Waals surface area contributed by atoms with E-state index in [0.29, 0.717) is 57.7 Å². The third-order valence-electron chi connectivity index (χ3n) is 5.56. The summed E-state index contributed by atoms with van der Waals surface area (Å²) < 4.78 is 5.47. The average molecular weight is 528 g/mol. The van der Waals surface area contributed by atoms with Crippen molar-refractivity contribution in [2.24, 2.45) is 10.7 Å². The second kappa shape index (κ2) is 9.87. The molecule has 35 heavy (non-hydrogen) atoms. The number of ether oxygens (including phenoxy) is 1. The van der Waals surface area contributed by atoms with Gasteiger partial charge in [-0.25, -0.2) is 4.99 Å². The standard InChI is InChI=1S/C24H19Cl2N5O3S/c25-16-2-1-3-17(26)20(16)29-24-30-23(33)19(35-24)11-13-4-5-18-14(10-13)21(15(12-28-18)22(27)32)31-6-8-34-9-7-31/h1-5,10-12H,6-9H2,(H2,27,32)(H,29,30,33). The number of carbonyl (C=O) groups excluding carboxylic acids is 2. The minimum atomic E-state index is -0.547. The van der Waals surface area contributed by atoms with Crippen LogP contribution in [0.4, 0.5) is 11.4 Å². The van der Waals surface area contributed by atoms with E-state index in [1.165, 1.54) is 18.0 Å². The quantitative estimate of drug-likeness (QED) is 0.487. The molecule has 2 fully saturated rings. The summed E-state index contributed by atoms with van der Waals surface area (Å²) in [6.45, 7) is 2.38. The molecule has 3 aromatic rings. The highest BCUT2D eigenvalue weighted by molar-refractivity contribution is 8.18. The molecule has 2 aromatic carbocycles. The first-order valence-electron chi connectivity index (χ1n) is 10.7. The van der Waals surface area contributed by atoms with E-state index in [4.69, 9.17) is 33.7 Å². The van der Waals surface area contributed by atoms with Crippen LogP contribution in [0.1, 0.15) is 15.9 Å². The maximum absolute atomic E-state index is 12.6. The molecule has 2 amide bonds. The van der Waals surface area contributed by atoms with Crippen LogP contribution in [0.5, 0.6) is 0 Å². The lowest BCUT2D eigenvalue weighted by Gasteiger charge is -2.31. The molecule has 0 saturated carbocycles. The number of para-hydroxylation sites is 1. The van der Waals surface area contributed by atoms with Crippen LogP contribution in [0.15, 0.2) is 52.5 Å². The third-order valence-corrected chi connectivity index (χ3v) is 7.08. The first-order chi connectivity index (χ1) is 16.9. The van der Waals surface area contributed by atoms with Crippen molar-refractivity contribution in [3.8, 4) is 0 Å². The van der Waals surface area contributed by atoms with E-state index < -0.39 is 5.91 Å². The van der Waals surface area contributed by atoms with Gasteiger partial charge < -0.3 is 20.7 Å². The second-order valence-corrected chi connectivity index (χ2v) is 9.66.